The molecule has 0 aromatic heterocycles. The lowest BCUT2D eigenvalue weighted by Crippen LogP contribution is -2.28. The fourth-order valence-electron chi connectivity index (χ4n) is 3.05. The summed E-state index contributed by atoms with van der Waals surface area (Å²) >= 11 is 0. The number of hydrogen-bond acceptors (Lipinski definition) is 5. The van der Waals surface area contributed by atoms with Gasteiger partial charge in [-0.05, 0) is 61.0 Å². The first-order chi connectivity index (χ1) is 15.8. The van der Waals surface area contributed by atoms with Gasteiger partial charge in [-0.2, -0.15) is 0 Å². The van der Waals surface area contributed by atoms with Gasteiger partial charge in [0.25, 0.3) is 15.9 Å². The first kappa shape index (κ1) is 23.8. The molecule has 3 aromatic carbocycles. The summed E-state index contributed by atoms with van der Waals surface area (Å²) in [5.74, 6) is 0.00842. The van der Waals surface area contributed by atoms with E-state index in [4.69, 9.17) is 4.74 Å². The van der Waals surface area contributed by atoms with Crippen molar-refractivity contribution >= 4 is 33.2 Å². The lowest BCUT2D eigenvalue weighted by molar-refractivity contribution is -0.116. The smallest absolute Gasteiger partial charge is 0.261 e. The van der Waals surface area contributed by atoms with Crippen LogP contribution < -0.4 is 20.1 Å². The van der Waals surface area contributed by atoms with Crippen LogP contribution >= 0.6 is 0 Å². The zero-order chi connectivity index (χ0) is 23.8. The van der Waals surface area contributed by atoms with E-state index < -0.39 is 10.0 Å². The second-order valence-electron chi connectivity index (χ2n) is 7.23. The van der Waals surface area contributed by atoms with E-state index in [1.807, 2.05) is 19.1 Å². The lowest BCUT2D eigenvalue weighted by Gasteiger charge is -2.11. The van der Waals surface area contributed by atoms with Gasteiger partial charge in [-0.3, -0.25) is 14.3 Å². The molecule has 2 amide bonds. The number of anilines is 2. The highest BCUT2D eigenvalue weighted by molar-refractivity contribution is 7.92. The van der Waals surface area contributed by atoms with Gasteiger partial charge in [-0.25, -0.2) is 8.42 Å². The fraction of sp³-hybridized carbons (Fsp3) is 0.167. The molecule has 0 radical (unpaired) electrons. The summed E-state index contributed by atoms with van der Waals surface area (Å²) in [7, 11) is -2.33. The predicted molar refractivity (Wildman–Crippen MR) is 127 cm³/mol. The number of amides is 2. The van der Waals surface area contributed by atoms with E-state index in [0.29, 0.717) is 22.7 Å². The van der Waals surface area contributed by atoms with E-state index >= 15 is 0 Å². The molecular formula is C24H25N3O5S. The second-order valence-corrected chi connectivity index (χ2v) is 8.91. The number of nitrogens with one attached hydrogen (secondary N) is 3. The van der Waals surface area contributed by atoms with Gasteiger partial charge in [-0.15, -0.1) is 0 Å². The Morgan fingerprint density at radius 1 is 0.909 bits per heavy atom. The number of carbonyl (C=O) groups excluding carboxylic acids is 2. The predicted octanol–water partition coefficient (Wildman–Crippen LogP) is 3.56. The summed E-state index contributed by atoms with van der Waals surface area (Å²) in [4.78, 5) is 24.5. The molecule has 9 heteroatoms. The van der Waals surface area contributed by atoms with Crippen molar-refractivity contribution in [3.63, 3.8) is 0 Å². The van der Waals surface area contributed by atoms with E-state index in [1.165, 1.54) is 25.3 Å². The van der Waals surface area contributed by atoms with E-state index in [0.717, 1.165) is 5.56 Å². The van der Waals surface area contributed by atoms with Crippen molar-refractivity contribution in [1.82, 2.24) is 5.32 Å². The minimum absolute atomic E-state index is 0.00368. The Hall–Kier alpha value is -3.85. The van der Waals surface area contributed by atoms with Crippen LogP contribution in [-0.4, -0.2) is 33.9 Å². The van der Waals surface area contributed by atoms with Crippen LogP contribution in [0.4, 0.5) is 11.4 Å². The summed E-state index contributed by atoms with van der Waals surface area (Å²) in [6, 6.07) is 19.6. The molecule has 0 bridgehead atoms. The van der Waals surface area contributed by atoms with Crippen LogP contribution in [0, 0.1) is 6.92 Å². The molecule has 0 unspecified atom stereocenters. The topological polar surface area (TPSA) is 114 Å². The molecule has 0 saturated carbocycles. The van der Waals surface area contributed by atoms with Crippen LogP contribution in [-0.2, 0) is 14.8 Å². The van der Waals surface area contributed by atoms with Gasteiger partial charge in [0.2, 0.25) is 5.91 Å². The summed E-state index contributed by atoms with van der Waals surface area (Å²) in [5, 5.41) is 5.37. The Morgan fingerprint density at radius 3 is 2.33 bits per heavy atom. The van der Waals surface area contributed by atoms with Gasteiger partial charge in [-0.1, -0.05) is 24.3 Å². The van der Waals surface area contributed by atoms with Crippen molar-refractivity contribution in [3.05, 3.63) is 83.9 Å². The normalized spacial score (nSPS) is 10.8. The molecule has 0 fully saturated rings. The second kappa shape index (κ2) is 10.6. The Bertz CT molecular complexity index is 1240. The van der Waals surface area contributed by atoms with E-state index in [9.17, 15) is 18.0 Å². The summed E-state index contributed by atoms with van der Waals surface area (Å²) in [6.07, 6.45) is 0.0404. The first-order valence-electron chi connectivity index (χ1n) is 10.2. The van der Waals surface area contributed by atoms with Gasteiger partial charge in [0, 0.05) is 29.9 Å². The van der Waals surface area contributed by atoms with Crippen LogP contribution in [0.1, 0.15) is 22.3 Å². The van der Waals surface area contributed by atoms with Gasteiger partial charge >= 0.3 is 0 Å². The van der Waals surface area contributed by atoms with Crippen molar-refractivity contribution in [2.24, 2.45) is 0 Å². The van der Waals surface area contributed by atoms with Crippen molar-refractivity contribution in [2.75, 3.05) is 23.7 Å². The summed E-state index contributed by atoms with van der Waals surface area (Å²) in [5.41, 5.74) is 2.12. The monoisotopic (exact) mass is 467 g/mol. The number of ether oxygens (including phenoxy) is 1. The molecule has 3 aromatic rings. The summed E-state index contributed by atoms with van der Waals surface area (Å²) in [6.45, 7) is 1.99. The minimum Gasteiger partial charge on any atom is -0.497 e. The third-order valence-corrected chi connectivity index (χ3v) is 6.18. The average molecular weight is 468 g/mol. The highest BCUT2D eigenvalue weighted by atomic mass is 32.2. The number of hydrogen-bond donors (Lipinski definition) is 3. The SMILES string of the molecule is COc1ccc(NS(=O)(=O)c2cccc(NC(=O)CCNC(=O)c3ccccc3C)c2)cc1. The van der Waals surface area contributed by atoms with E-state index in [1.54, 1.807) is 42.5 Å². The number of benzene rings is 3. The zero-order valence-corrected chi connectivity index (χ0v) is 19.1. The Balaban J connectivity index is 1.56. The number of methoxy groups -OCH3 is 1. The maximum atomic E-state index is 12.7. The molecule has 33 heavy (non-hydrogen) atoms. The molecule has 8 nitrogen and oxygen atoms in total. The Morgan fingerprint density at radius 2 is 1.64 bits per heavy atom. The van der Waals surface area contributed by atoms with E-state index in [-0.39, 0.29) is 29.7 Å². The maximum absolute atomic E-state index is 12.7. The van der Waals surface area contributed by atoms with Crippen LogP contribution in [0.3, 0.4) is 0 Å². The molecule has 0 saturated heterocycles. The number of aryl methyl sites for hydroxylation is 1. The molecule has 0 spiro atoms. The molecule has 3 N–H and O–H groups in total. The molecule has 172 valence electrons. The minimum atomic E-state index is -3.85. The van der Waals surface area contributed by atoms with Crippen molar-refractivity contribution in [1.29, 1.82) is 0 Å². The van der Waals surface area contributed by atoms with Gasteiger partial charge in [0.05, 0.1) is 12.0 Å². The molecular weight excluding hydrogens is 442 g/mol. The number of rotatable bonds is 9. The van der Waals surface area contributed by atoms with Crippen LogP contribution in [0.25, 0.3) is 0 Å². The average Bonchev–Trinajstić information content (AvgIpc) is 2.80. The Labute approximate surface area is 193 Å². The van der Waals surface area contributed by atoms with Crippen LogP contribution in [0.5, 0.6) is 5.75 Å². The van der Waals surface area contributed by atoms with Gasteiger partial charge < -0.3 is 15.4 Å². The quantitative estimate of drug-likeness (QED) is 0.445. The molecule has 0 heterocycles. The zero-order valence-electron chi connectivity index (χ0n) is 18.3. The highest BCUT2D eigenvalue weighted by Gasteiger charge is 2.16. The van der Waals surface area contributed by atoms with Gasteiger partial charge in [0.1, 0.15) is 5.75 Å². The molecule has 0 aliphatic rings. The van der Waals surface area contributed by atoms with Crippen LogP contribution in [0.2, 0.25) is 0 Å². The number of sulfonamides is 1. The third kappa shape index (κ3) is 6.56. The Kier molecular flexibility index (Phi) is 7.68. The molecule has 0 atom stereocenters. The fourth-order valence-corrected chi connectivity index (χ4v) is 4.15. The third-order valence-electron chi connectivity index (χ3n) is 4.80. The van der Waals surface area contributed by atoms with Crippen LogP contribution in [0.15, 0.2) is 77.7 Å². The van der Waals surface area contributed by atoms with Crippen molar-refractivity contribution in [2.45, 2.75) is 18.2 Å². The molecule has 0 aliphatic heterocycles. The molecule has 3 rings (SSSR count). The number of carbonyl (C=O) groups is 2. The summed E-state index contributed by atoms with van der Waals surface area (Å²) < 4.78 is 33.0. The lowest BCUT2D eigenvalue weighted by atomic mass is 10.1. The van der Waals surface area contributed by atoms with Crippen molar-refractivity contribution < 1.29 is 22.7 Å². The standard InChI is InChI=1S/C24H25N3O5S/c1-17-6-3-4-9-22(17)24(29)25-15-14-23(28)26-19-7-5-8-21(16-19)33(30,31)27-18-10-12-20(32-2)13-11-18/h3-13,16,27H,14-15H2,1-2H3,(H,25,29)(H,26,28). The molecule has 0 aliphatic carbocycles. The van der Waals surface area contributed by atoms with E-state index in [2.05, 4.69) is 15.4 Å². The maximum Gasteiger partial charge on any atom is 0.261 e. The largest absolute Gasteiger partial charge is 0.497 e. The highest BCUT2D eigenvalue weighted by Crippen LogP contribution is 2.21. The van der Waals surface area contributed by atoms with Gasteiger partial charge in [0.15, 0.2) is 0 Å². The first-order valence-corrected chi connectivity index (χ1v) is 11.7. The van der Waals surface area contributed by atoms with Crippen molar-refractivity contribution in [3.8, 4) is 5.75 Å².